The average molecular weight is 463 g/mol. The zero-order valence-electron chi connectivity index (χ0n) is 17.8. The second-order valence-electron chi connectivity index (χ2n) is 7.01. The van der Waals surface area contributed by atoms with Crippen LogP contribution in [0.5, 0.6) is 5.75 Å². The summed E-state index contributed by atoms with van der Waals surface area (Å²) in [5.74, 6) is -1.33. The SMILES string of the molecule is CN(C)S(=O)(=O)c1cccc(C(=O)NCC(=O)NCCCNC(=O)c2cccc(O)c2)c1. The lowest BCUT2D eigenvalue weighted by molar-refractivity contribution is -0.120. The van der Waals surface area contributed by atoms with Crippen molar-refractivity contribution in [3.8, 4) is 5.75 Å². The second kappa shape index (κ2) is 11.3. The molecular formula is C21H26N4O6S. The Morgan fingerprint density at radius 2 is 1.47 bits per heavy atom. The van der Waals surface area contributed by atoms with Crippen LogP contribution in [0.1, 0.15) is 27.1 Å². The Bertz CT molecular complexity index is 1090. The number of benzene rings is 2. The van der Waals surface area contributed by atoms with Gasteiger partial charge in [-0.3, -0.25) is 14.4 Å². The van der Waals surface area contributed by atoms with E-state index in [9.17, 15) is 27.9 Å². The zero-order valence-corrected chi connectivity index (χ0v) is 18.6. The number of rotatable bonds is 10. The summed E-state index contributed by atoms with van der Waals surface area (Å²) in [7, 11) is -0.890. The van der Waals surface area contributed by atoms with Crippen LogP contribution in [0.4, 0.5) is 0 Å². The van der Waals surface area contributed by atoms with Gasteiger partial charge in [0.05, 0.1) is 11.4 Å². The van der Waals surface area contributed by atoms with Crippen molar-refractivity contribution < 1.29 is 27.9 Å². The molecule has 0 bridgehead atoms. The fourth-order valence-electron chi connectivity index (χ4n) is 2.60. The molecule has 0 aliphatic carbocycles. The van der Waals surface area contributed by atoms with Gasteiger partial charge in [-0.2, -0.15) is 0 Å². The number of phenols is 1. The van der Waals surface area contributed by atoms with Crippen LogP contribution in [-0.4, -0.2) is 69.3 Å². The molecular weight excluding hydrogens is 436 g/mol. The largest absolute Gasteiger partial charge is 0.508 e. The number of nitrogens with zero attached hydrogens (tertiary/aromatic N) is 1. The molecule has 0 saturated carbocycles. The van der Waals surface area contributed by atoms with E-state index in [2.05, 4.69) is 16.0 Å². The lowest BCUT2D eigenvalue weighted by Gasteiger charge is -2.12. The van der Waals surface area contributed by atoms with Crippen molar-refractivity contribution in [3.63, 3.8) is 0 Å². The number of sulfonamides is 1. The van der Waals surface area contributed by atoms with Gasteiger partial charge in [-0.1, -0.05) is 12.1 Å². The molecule has 0 aliphatic rings. The van der Waals surface area contributed by atoms with Gasteiger partial charge in [-0.05, 0) is 42.8 Å². The summed E-state index contributed by atoms with van der Waals surface area (Å²) in [5.41, 5.74) is 0.453. The first kappa shape index (κ1) is 24.8. The molecule has 2 aromatic rings. The second-order valence-corrected chi connectivity index (χ2v) is 9.16. The van der Waals surface area contributed by atoms with Gasteiger partial charge in [-0.25, -0.2) is 12.7 Å². The van der Waals surface area contributed by atoms with Crippen LogP contribution in [0.25, 0.3) is 0 Å². The molecule has 0 radical (unpaired) electrons. The van der Waals surface area contributed by atoms with Crippen LogP contribution in [0.15, 0.2) is 53.4 Å². The minimum Gasteiger partial charge on any atom is -0.508 e. The van der Waals surface area contributed by atoms with E-state index < -0.39 is 21.8 Å². The number of carbonyl (C=O) groups is 3. The van der Waals surface area contributed by atoms with Crippen LogP contribution in [0.2, 0.25) is 0 Å². The highest BCUT2D eigenvalue weighted by Crippen LogP contribution is 2.15. The van der Waals surface area contributed by atoms with Gasteiger partial charge >= 0.3 is 0 Å². The zero-order chi connectivity index (χ0) is 23.7. The standard InChI is InChI=1S/C21H26N4O6S/c1-25(2)32(30,31)18-9-4-7-16(13-18)21(29)24-14-19(27)22-10-5-11-23-20(28)15-6-3-8-17(26)12-15/h3-4,6-9,12-13,26H,5,10-11,14H2,1-2H3,(H,22,27)(H,23,28)(H,24,29). The van der Waals surface area contributed by atoms with E-state index in [0.717, 1.165) is 4.31 Å². The van der Waals surface area contributed by atoms with Crippen molar-refractivity contribution in [3.05, 3.63) is 59.7 Å². The van der Waals surface area contributed by atoms with E-state index in [1.165, 1.54) is 50.5 Å². The highest BCUT2D eigenvalue weighted by molar-refractivity contribution is 7.89. The molecule has 32 heavy (non-hydrogen) atoms. The Kier molecular flexibility index (Phi) is 8.73. The topological polar surface area (TPSA) is 145 Å². The van der Waals surface area contributed by atoms with Crippen LogP contribution in [0.3, 0.4) is 0 Å². The lowest BCUT2D eigenvalue weighted by atomic mass is 10.2. The number of hydrogen-bond acceptors (Lipinski definition) is 6. The van der Waals surface area contributed by atoms with Crippen molar-refractivity contribution in [1.29, 1.82) is 0 Å². The summed E-state index contributed by atoms with van der Waals surface area (Å²) in [6.07, 6.45) is 0.467. The molecule has 0 aromatic heterocycles. The Balaban J connectivity index is 1.72. The van der Waals surface area contributed by atoms with E-state index in [4.69, 9.17) is 0 Å². The molecule has 0 saturated heterocycles. The minimum atomic E-state index is -3.68. The van der Waals surface area contributed by atoms with Gasteiger partial charge in [0.25, 0.3) is 11.8 Å². The molecule has 2 rings (SSSR count). The molecule has 11 heteroatoms. The van der Waals surface area contributed by atoms with Crippen LogP contribution >= 0.6 is 0 Å². The van der Waals surface area contributed by atoms with Gasteiger partial charge in [-0.15, -0.1) is 0 Å². The highest BCUT2D eigenvalue weighted by Gasteiger charge is 2.19. The Morgan fingerprint density at radius 3 is 2.12 bits per heavy atom. The van der Waals surface area contributed by atoms with Gasteiger partial charge in [0.2, 0.25) is 15.9 Å². The molecule has 0 fully saturated rings. The molecule has 0 spiro atoms. The smallest absolute Gasteiger partial charge is 0.251 e. The molecule has 2 aromatic carbocycles. The maximum absolute atomic E-state index is 12.2. The summed E-state index contributed by atoms with van der Waals surface area (Å²) in [5, 5.41) is 17.1. The van der Waals surface area contributed by atoms with Crippen molar-refractivity contribution in [2.24, 2.45) is 0 Å². The first-order chi connectivity index (χ1) is 15.1. The van der Waals surface area contributed by atoms with Crippen molar-refractivity contribution in [2.75, 3.05) is 33.7 Å². The van der Waals surface area contributed by atoms with Crippen LogP contribution in [0, 0.1) is 0 Å². The van der Waals surface area contributed by atoms with E-state index in [0.29, 0.717) is 18.5 Å². The van der Waals surface area contributed by atoms with Crippen LogP contribution in [-0.2, 0) is 14.8 Å². The molecule has 0 aliphatic heterocycles. The molecule has 0 heterocycles. The van der Waals surface area contributed by atoms with E-state index in [1.807, 2.05) is 0 Å². The summed E-state index contributed by atoms with van der Waals surface area (Å²) < 4.78 is 25.4. The van der Waals surface area contributed by atoms with Gasteiger partial charge < -0.3 is 21.1 Å². The number of amides is 3. The average Bonchev–Trinajstić information content (AvgIpc) is 2.77. The van der Waals surface area contributed by atoms with E-state index >= 15 is 0 Å². The monoisotopic (exact) mass is 462 g/mol. The minimum absolute atomic E-state index is 0.00184. The first-order valence-corrected chi connectivity index (χ1v) is 11.2. The number of phenolic OH excluding ortho intramolecular Hbond substituents is 1. The molecule has 4 N–H and O–H groups in total. The third-order valence-electron chi connectivity index (χ3n) is 4.35. The van der Waals surface area contributed by atoms with E-state index in [1.54, 1.807) is 12.1 Å². The van der Waals surface area contributed by atoms with Crippen LogP contribution < -0.4 is 16.0 Å². The van der Waals surface area contributed by atoms with Crippen molar-refractivity contribution in [2.45, 2.75) is 11.3 Å². The molecule has 10 nitrogen and oxygen atoms in total. The van der Waals surface area contributed by atoms with Crippen molar-refractivity contribution >= 4 is 27.7 Å². The predicted octanol–water partition coefficient (Wildman–Crippen LogP) is 0.309. The fraction of sp³-hybridized carbons (Fsp3) is 0.286. The van der Waals surface area contributed by atoms with Gasteiger partial charge in [0, 0.05) is 38.3 Å². The molecule has 0 atom stereocenters. The van der Waals surface area contributed by atoms with Gasteiger partial charge in [0.15, 0.2) is 0 Å². The van der Waals surface area contributed by atoms with Gasteiger partial charge in [0.1, 0.15) is 5.75 Å². The summed E-state index contributed by atoms with van der Waals surface area (Å²) in [4.78, 5) is 36.1. The normalized spacial score (nSPS) is 11.1. The summed E-state index contributed by atoms with van der Waals surface area (Å²) >= 11 is 0. The molecule has 0 unspecified atom stereocenters. The Hall–Kier alpha value is -3.44. The third-order valence-corrected chi connectivity index (χ3v) is 6.17. The quantitative estimate of drug-likeness (QED) is 0.374. The number of carbonyl (C=O) groups excluding carboxylic acids is 3. The molecule has 3 amide bonds. The maximum atomic E-state index is 12.2. The number of aromatic hydroxyl groups is 1. The molecule has 172 valence electrons. The number of nitrogens with one attached hydrogen (secondary N) is 3. The Labute approximate surface area is 186 Å². The Morgan fingerprint density at radius 1 is 0.875 bits per heavy atom. The third kappa shape index (κ3) is 7.06. The summed E-state index contributed by atoms with van der Waals surface area (Å²) in [6.45, 7) is 0.318. The predicted molar refractivity (Wildman–Crippen MR) is 118 cm³/mol. The summed E-state index contributed by atoms with van der Waals surface area (Å²) in [6, 6.07) is 11.5. The fourth-order valence-corrected chi connectivity index (χ4v) is 3.55. The number of hydrogen-bond donors (Lipinski definition) is 4. The lowest BCUT2D eigenvalue weighted by Crippen LogP contribution is -2.38. The maximum Gasteiger partial charge on any atom is 0.251 e. The van der Waals surface area contributed by atoms with Crippen molar-refractivity contribution in [1.82, 2.24) is 20.3 Å². The highest BCUT2D eigenvalue weighted by atomic mass is 32.2. The van der Waals surface area contributed by atoms with E-state index in [-0.39, 0.29) is 35.2 Å². The first-order valence-electron chi connectivity index (χ1n) is 9.76.